The number of para-hydroxylation sites is 2. The predicted octanol–water partition coefficient (Wildman–Crippen LogP) is 5.23. The summed E-state index contributed by atoms with van der Waals surface area (Å²) in [6.07, 6.45) is 0. The number of nitrogens with zero attached hydrogens (tertiary/aromatic N) is 2. The molecule has 0 bridgehead atoms. The minimum Gasteiger partial charge on any atom is -0.492 e. The molecule has 3 aromatic rings. The van der Waals surface area contributed by atoms with Gasteiger partial charge in [0.15, 0.2) is 4.34 Å². The molecule has 2 amide bonds. The van der Waals surface area contributed by atoms with Crippen LogP contribution in [-0.2, 0) is 4.79 Å². The third-order valence-corrected chi connectivity index (χ3v) is 6.12. The second-order valence-electron chi connectivity index (χ2n) is 5.72. The first-order chi connectivity index (χ1) is 14.5. The fourth-order valence-corrected chi connectivity index (χ4v) is 4.24. The Morgan fingerprint density at radius 1 is 1.13 bits per heavy atom. The van der Waals surface area contributed by atoms with E-state index in [-0.39, 0.29) is 22.2 Å². The molecule has 0 fully saturated rings. The van der Waals surface area contributed by atoms with Crippen molar-refractivity contribution < 1.29 is 14.3 Å². The Morgan fingerprint density at radius 2 is 1.93 bits per heavy atom. The molecule has 1 aromatic heterocycles. The van der Waals surface area contributed by atoms with Gasteiger partial charge in [-0.2, -0.15) is 0 Å². The number of benzene rings is 2. The second-order valence-corrected chi connectivity index (χ2v) is 8.76. The Morgan fingerprint density at radius 3 is 2.73 bits per heavy atom. The Hall–Kier alpha value is -2.33. The Labute approximate surface area is 191 Å². The van der Waals surface area contributed by atoms with Gasteiger partial charge < -0.3 is 10.1 Å². The fourth-order valence-electron chi connectivity index (χ4n) is 2.32. The molecule has 0 saturated carbocycles. The number of hydrogen-bond donors (Lipinski definition) is 2. The average Bonchev–Trinajstić information content (AvgIpc) is 3.17. The average molecular weight is 483 g/mol. The molecule has 0 aliphatic carbocycles. The molecule has 0 aliphatic heterocycles. The van der Waals surface area contributed by atoms with Crippen LogP contribution in [0.2, 0.25) is 10.0 Å². The third-order valence-electron chi connectivity index (χ3n) is 3.59. The van der Waals surface area contributed by atoms with E-state index in [1.165, 1.54) is 17.8 Å². The molecule has 0 saturated heterocycles. The Balaban J connectivity index is 1.55. The van der Waals surface area contributed by atoms with Crippen molar-refractivity contribution in [3.05, 3.63) is 58.1 Å². The molecule has 30 heavy (non-hydrogen) atoms. The first-order valence-corrected chi connectivity index (χ1v) is 11.3. The lowest BCUT2D eigenvalue weighted by atomic mass is 10.2. The molecule has 0 radical (unpaired) electrons. The highest BCUT2D eigenvalue weighted by Crippen LogP contribution is 2.28. The summed E-state index contributed by atoms with van der Waals surface area (Å²) >= 11 is 14.3. The van der Waals surface area contributed by atoms with Crippen LogP contribution in [0.4, 0.5) is 10.8 Å². The van der Waals surface area contributed by atoms with Gasteiger partial charge in [-0.1, -0.05) is 58.4 Å². The summed E-state index contributed by atoms with van der Waals surface area (Å²) in [5.74, 6) is 0.0847. The van der Waals surface area contributed by atoms with Gasteiger partial charge in [0.25, 0.3) is 5.91 Å². The number of thioether (sulfide) groups is 1. The van der Waals surface area contributed by atoms with Crippen molar-refractivity contribution in [2.75, 3.05) is 23.0 Å². The number of carbonyl (C=O) groups excluding carboxylic acids is 2. The molecule has 0 spiro atoms. The Bertz CT molecular complexity index is 1060. The first kappa shape index (κ1) is 22.4. The zero-order chi connectivity index (χ0) is 21.5. The molecule has 0 atom stereocenters. The Kier molecular flexibility index (Phi) is 7.92. The minimum atomic E-state index is -0.444. The quantitative estimate of drug-likeness (QED) is 0.337. The highest BCUT2D eigenvalue weighted by Gasteiger charge is 2.15. The number of ether oxygens (including phenoxy) is 1. The van der Waals surface area contributed by atoms with E-state index in [9.17, 15) is 9.59 Å². The molecule has 2 aromatic carbocycles. The van der Waals surface area contributed by atoms with Crippen molar-refractivity contribution >= 4 is 68.9 Å². The van der Waals surface area contributed by atoms with Crippen molar-refractivity contribution in [3.8, 4) is 5.75 Å². The number of nitrogens with one attached hydrogen (secondary N) is 2. The van der Waals surface area contributed by atoms with Gasteiger partial charge in [-0.25, -0.2) is 0 Å². The van der Waals surface area contributed by atoms with E-state index in [0.717, 1.165) is 11.3 Å². The van der Waals surface area contributed by atoms with E-state index in [4.69, 9.17) is 27.9 Å². The smallest absolute Gasteiger partial charge is 0.259 e. The topological polar surface area (TPSA) is 93.2 Å². The van der Waals surface area contributed by atoms with E-state index in [1.807, 2.05) is 19.1 Å². The molecule has 2 N–H and O–H groups in total. The van der Waals surface area contributed by atoms with Crippen molar-refractivity contribution in [2.45, 2.75) is 11.3 Å². The normalized spacial score (nSPS) is 10.5. The van der Waals surface area contributed by atoms with Crippen molar-refractivity contribution in [3.63, 3.8) is 0 Å². The molecular formula is C19H16Cl2N4O3S2. The van der Waals surface area contributed by atoms with E-state index < -0.39 is 5.91 Å². The lowest BCUT2D eigenvalue weighted by Gasteiger charge is -2.10. The van der Waals surface area contributed by atoms with Crippen LogP contribution >= 0.6 is 46.3 Å². The molecule has 0 aliphatic rings. The van der Waals surface area contributed by atoms with Crippen molar-refractivity contribution in [1.82, 2.24) is 10.2 Å². The number of hydrogen-bond acceptors (Lipinski definition) is 7. The summed E-state index contributed by atoms with van der Waals surface area (Å²) in [6.45, 7) is 2.38. The number of carbonyl (C=O) groups is 2. The van der Waals surface area contributed by atoms with Gasteiger partial charge in [-0.3, -0.25) is 14.9 Å². The van der Waals surface area contributed by atoms with Gasteiger partial charge in [0.05, 0.1) is 28.6 Å². The number of amides is 2. The van der Waals surface area contributed by atoms with Gasteiger partial charge in [0.2, 0.25) is 11.0 Å². The maximum atomic E-state index is 12.4. The lowest BCUT2D eigenvalue weighted by molar-refractivity contribution is -0.113. The molecule has 7 nitrogen and oxygen atoms in total. The van der Waals surface area contributed by atoms with Crippen molar-refractivity contribution in [1.29, 1.82) is 0 Å². The van der Waals surface area contributed by atoms with Crippen LogP contribution in [0.3, 0.4) is 0 Å². The summed E-state index contributed by atoms with van der Waals surface area (Å²) in [7, 11) is 0. The summed E-state index contributed by atoms with van der Waals surface area (Å²) in [5, 5.41) is 14.3. The van der Waals surface area contributed by atoms with Gasteiger partial charge in [0.1, 0.15) is 5.75 Å². The van der Waals surface area contributed by atoms with Crippen LogP contribution in [0.1, 0.15) is 17.3 Å². The second kappa shape index (κ2) is 10.6. The van der Waals surface area contributed by atoms with E-state index in [1.54, 1.807) is 24.3 Å². The monoisotopic (exact) mass is 482 g/mol. The largest absolute Gasteiger partial charge is 0.492 e. The van der Waals surface area contributed by atoms with Gasteiger partial charge >= 0.3 is 0 Å². The SMILES string of the molecule is CCOc1ccccc1NC(=O)CSc1nnc(NC(=O)c2cc(Cl)ccc2Cl)s1. The standard InChI is InChI=1S/C19H16Cl2N4O3S2/c1-2-28-15-6-4-3-5-14(15)22-16(26)10-29-19-25-24-18(30-19)23-17(27)12-9-11(20)7-8-13(12)21/h3-9H,2,10H2,1H3,(H,22,26)(H,23,24,27). The fraction of sp³-hybridized carbons (Fsp3) is 0.158. The number of anilines is 2. The maximum Gasteiger partial charge on any atom is 0.259 e. The summed E-state index contributed by atoms with van der Waals surface area (Å²) in [6, 6.07) is 11.8. The van der Waals surface area contributed by atoms with E-state index >= 15 is 0 Å². The highest BCUT2D eigenvalue weighted by molar-refractivity contribution is 8.01. The minimum absolute atomic E-state index is 0.128. The predicted molar refractivity (Wildman–Crippen MR) is 121 cm³/mol. The molecule has 0 unspecified atom stereocenters. The van der Waals surface area contributed by atoms with Gasteiger partial charge in [-0.05, 0) is 37.3 Å². The highest BCUT2D eigenvalue weighted by atomic mass is 35.5. The molecule has 11 heteroatoms. The van der Waals surface area contributed by atoms with Gasteiger partial charge in [0, 0.05) is 5.02 Å². The number of halogens is 2. The van der Waals surface area contributed by atoms with Crippen molar-refractivity contribution in [2.24, 2.45) is 0 Å². The summed E-state index contributed by atoms with van der Waals surface area (Å²) in [4.78, 5) is 24.6. The molecular weight excluding hydrogens is 467 g/mol. The van der Waals surface area contributed by atoms with Crippen LogP contribution in [0, 0.1) is 0 Å². The van der Waals surface area contributed by atoms with Crippen LogP contribution < -0.4 is 15.4 Å². The first-order valence-electron chi connectivity index (χ1n) is 8.70. The number of aromatic nitrogens is 2. The zero-order valence-electron chi connectivity index (χ0n) is 15.6. The van der Waals surface area contributed by atoms with Gasteiger partial charge in [-0.15, -0.1) is 10.2 Å². The maximum absolute atomic E-state index is 12.4. The molecule has 156 valence electrons. The van der Waals surface area contributed by atoms with Crippen LogP contribution in [0.25, 0.3) is 0 Å². The zero-order valence-corrected chi connectivity index (χ0v) is 18.8. The lowest BCUT2D eigenvalue weighted by Crippen LogP contribution is -2.14. The third kappa shape index (κ3) is 6.09. The summed E-state index contributed by atoms with van der Waals surface area (Å²) < 4.78 is 6.03. The van der Waals surface area contributed by atoms with E-state index in [0.29, 0.717) is 32.5 Å². The number of rotatable bonds is 8. The van der Waals surface area contributed by atoms with Crippen LogP contribution in [0.5, 0.6) is 5.75 Å². The molecule has 1 heterocycles. The summed E-state index contributed by atoms with van der Waals surface area (Å²) in [5.41, 5.74) is 0.842. The molecule has 3 rings (SSSR count). The van der Waals surface area contributed by atoms with E-state index in [2.05, 4.69) is 20.8 Å². The van der Waals surface area contributed by atoms with Crippen LogP contribution in [0.15, 0.2) is 46.8 Å². The van der Waals surface area contributed by atoms with Crippen LogP contribution in [-0.4, -0.2) is 34.4 Å².